The molecule has 1 aliphatic heterocycles. The molecule has 0 amide bonds. The molecule has 2 fully saturated rings. The molecule has 2 nitrogen and oxygen atoms in total. The summed E-state index contributed by atoms with van der Waals surface area (Å²) in [4.78, 5) is 0. The van der Waals surface area contributed by atoms with Gasteiger partial charge >= 0.3 is 0 Å². The normalized spacial score (nSPS) is 54.7. The first kappa shape index (κ1) is 6.21. The Morgan fingerprint density at radius 2 is 1.45 bits per heavy atom. The van der Waals surface area contributed by atoms with Crippen molar-refractivity contribution in [2.24, 2.45) is 11.8 Å². The fourth-order valence-electron chi connectivity index (χ4n) is 2.97. The SMILES string of the molecule is CN1C2CC(C3C=CC32)N1C. The number of nitrogens with zero attached hydrogens (tertiary/aromatic N) is 2. The van der Waals surface area contributed by atoms with Gasteiger partial charge in [-0.05, 0) is 6.42 Å². The maximum atomic E-state index is 2.41. The fourth-order valence-corrected chi connectivity index (χ4v) is 2.97. The summed E-state index contributed by atoms with van der Waals surface area (Å²) in [7, 11) is 4.43. The standard InChI is InChI=1S/C9H14N2/c1-10-8-5-9(11(10)2)7-4-3-6(7)8/h3-4,6-9H,5H2,1-2H3. The Bertz CT molecular complexity index is 202. The van der Waals surface area contributed by atoms with Gasteiger partial charge < -0.3 is 0 Å². The summed E-state index contributed by atoms with van der Waals surface area (Å²) in [5.74, 6) is 1.78. The van der Waals surface area contributed by atoms with E-state index < -0.39 is 0 Å². The van der Waals surface area contributed by atoms with Crippen molar-refractivity contribution in [3.63, 3.8) is 0 Å². The van der Waals surface area contributed by atoms with Gasteiger partial charge in [-0.1, -0.05) is 12.2 Å². The van der Waals surface area contributed by atoms with Crippen LogP contribution in [0.4, 0.5) is 0 Å². The summed E-state index contributed by atoms with van der Waals surface area (Å²) in [6.45, 7) is 0. The summed E-state index contributed by atoms with van der Waals surface area (Å²) in [6, 6.07) is 1.64. The van der Waals surface area contributed by atoms with Gasteiger partial charge in [-0.2, -0.15) is 0 Å². The fraction of sp³-hybridized carbons (Fsp3) is 0.778. The van der Waals surface area contributed by atoms with Crippen molar-refractivity contribution in [2.45, 2.75) is 18.5 Å². The van der Waals surface area contributed by atoms with Gasteiger partial charge in [0.2, 0.25) is 0 Å². The molecular weight excluding hydrogens is 136 g/mol. The van der Waals surface area contributed by atoms with Crippen LogP contribution in [0.3, 0.4) is 0 Å². The van der Waals surface area contributed by atoms with E-state index >= 15 is 0 Å². The summed E-state index contributed by atoms with van der Waals surface area (Å²) in [5.41, 5.74) is 0. The van der Waals surface area contributed by atoms with Gasteiger partial charge in [0.1, 0.15) is 0 Å². The Labute approximate surface area is 67.4 Å². The van der Waals surface area contributed by atoms with E-state index in [0.29, 0.717) is 0 Å². The first-order valence-corrected chi connectivity index (χ1v) is 4.43. The van der Waals surface area contributed by atoms with Gasteiger partial charge in [0.25, 0.3) is 0 Å². The second-order valence-electron chi connectivity index (χ2n) is 4.06. The van der Waals surface area contributed by atoms with Crippen LogP contribution in [0.25, 0.3) is 0 Å². The average Bonchev–Trinajstić information content (AvgIpc) is 2.29. The van der Waals surface area contributed by atoms with Crippen molar-refractivity contribution < 1.29 is 0 Å². The molecule has 3 aliphatic rings. The van der Waals surface area contributed by atoms with Crippen LogP contribution in [-0.4, -0.2) is 36.2 Å². The average molecular weight is 150 g/mol. The molecule has 2 bridgehead atoms. The zero-order chi connectivity index (χ0) is 7.59. The summed E-state index contributed by atoms with van der Waals surface area (Å²) >= 11 is 0. The predicted molar refractivity (Wildman–Crippen MR) is 43.8 cm³/mol. The Hall–Kier alpha value is -0.340. The lowest BCUT2D eigenvalue weighted by atomic mass is 9.80. The van der Waals surface area contributed by atoms with Gasteiger partial charge in [-0.25, -0.2) is 10.0 Å². The first-order chi connectivity index (χ1) is 5.29. The molecule has 0 aromatic heterocycles. The van der Waals surface area contributed by atoms with E-state index in [0.717, 1.165) is 23.9 Å². The third-order valence-corrected chi connectivity index (χ3v) is 3.83. The molecular formula is C9H14N2. The van der Waals surface area contributed by atoms with Crippen molar-refractivity contribution >= 4 is 0 Å². The molecule has 3 rings (SSSR count). The summed E-state index contributed by atoms with van der Waals surface area (Å²) < 4.78 is 0. The highest BCUT2D eigenvalue weighted by molar-refractivity contribution is 5.23. The molecule has 11 heavy (non-hydrogen) atoms. The quantitative estimate of drug-likeness (QED) is 0.469. The maximum absolute atomic E-state index is 2.41. The second-order valence-corrected chi connectivity index (χ2v) is 4.06. The Balaban J connectivity index is 1.98. The molecule has 0 N–H and O–H groups in total. The van der Waals surface area contributed by atoms with Crippen LogP contribution in [0.5, 0.6) is 0 Å². The molecule has 0 radical (unpaired) electrons. The highest BCUT2D eigenvalue weighted by Crippen LogP contribution is 2.49. The number of hydrogen-bond donors (Lipinski definition) is 0. The summed E-state index contributed by atoms with van der Waals surface area (Å²) in [5, 5.41) is 4.82. The topological polar surface area (TPSA) is 6.48 Å². The molecule has 2 aliphatic carbocycles. The van der Waals surface area contributed by atoms with Crippen molar-refractivity contribution in [1.29, 1.82) is 0 Å². The first-order valence-electron chi connectivity index (χ1n) is 4.43. The molecule has 1 saturated heterocycles. The van der Waals surface area contributed by atoms with Gasteiger partial charge in [-0.15, -0.1) is 0 Å². The highest BCUT2D eigenvalue weighted by atomic mass is 15.7. The van der Waals surface area contributed by atoms with Gasteiger partial charge in [0.15, 0.2) is 0 Å². The lowest BCUT2D eigenvalue weighted by Crippen LogP contribution is -2.51. The predicted octanol–water partition coefficient (Wildman–Crippen LogP) is 0.722. The van der Waals surface area contributed by atoms with Crippen molar-refractivity contribution in [1.82, 2.24) is 10.0 Å². The van der Waals surface area contributed by atoms with Crippen LogP contribution in [0.1, 0.15) is 6.42 Å². The van der Waals surface area contributed by atoms with Gasteiger partial charge in [0, 0.05) is 38.0 Å². The van der Waals surface area contributed by atoms with Crippen LogP contribution in [0, 0.1) is 11.8 Å². The molecule has 1 saturated carbocycles. The number of hydrazine groups is 1. The van der Waals surface area contributed by atoms with Crippen LogP contribution in [0.15, 0.2) is 12.2 Å². The zero-order valence-corrected chi connectivity index (χ0v) is 7.07. The number of rotatable bonds is 0. The Morgan fingerprint density at radius 1 is 1.00 bits per heavy atom. The summed E-state index contributed by atoms with van der Waals surface area (Å²) in [6.07, 6.45) is 6.16. The number of hydrogen-bond acceptors (Lipinski definition) is 2. The molecule has 2 heteroatoms. The maximum Gasteiger partial charge on any atom is 0.0327 e. The van der Waals surface area contributed by atoms with Crippen LogP contribution in [-0.2, 0) is 0 Å². The minimum Gasteiger partial charge on any atom is -0.241 e. The van der Waals surface area contributed by atoms with Crippen molar-refractivity contribution in [3.8, 4) is 0 Å². The van der Waals surface area contributed by atoms with E-state index in [-0.39, 0.29) is 0 Å². The molecule has 1 heterocycles. The lowest BCUT2D eigenvalue weighted by molar-refractivity contribution is -0.0455. The van der Waals surface area contributed by atoms with E-state index in [1.165, 1.54) is 6.42 Å². The minimum atomic E-state index is 0.819. The highest BCUT2D eigenvalue weighted by Gasteiger charge is 2.54. The smallest absolute Gasteiger partial charge is 0.0327 e. The van der Waals surface area contributed by atoms with Crippen molar-refractivity contribution in [3.05, 3.63) is 12.2 Å². The minimum absolute atomic E-state index is 0.819. The monoisotopic (exact) mass is 150 g/mol. The van der Waals surface area contributed by atoms with Crippen LogP contribution in [0.2, 0.25) is 0 Å². The Kier molecular flexibility index (Phi) is 0.958. The van der Waals surface area contributed by atoms with E-state index in [4.69, 9.17) is 0 Å². The van der Waals surface area contributed by atoms with E-state index in [2.05, 4.69) is 36.3 Å². The second kappa shape index (κ2) is 1.70. The van der Waals surface area contributed by atoms with Crippen LogP contribution < -0.4 is 0 Å². The third-order valence-electron chi connectivity index (χ3n) is 3.83. The largest absolute Gasteiger partial charge is 0.241 e. The van der Waals surface area contributed by atoms with Gasteiger partial charge in [0.05, 0.1) is 0 Å². The number of fused-ring (bicyclic) bond motifs is 5. The molecule has 0 spiro atoms. The molecule has 0 aromatic carbocycles. The van der Waals surface area contributed by atoms with Crippen LogP contribution >= 0.6 is 0 Å². The molecule has 4 atom stereocenters. The van der Waals surface area contributed by atoms with E-state index in [1.54, 1.807) is 0 Å². The Morgan fingerprint density at radius 3 is 1.82 bits per heavy atom. The molecule has 0 aromatic rings. The zero-order valence-electron chi connectivity index (χ0n) is 7.07. The molecule has 4 unspecified atom stereocenters. The van der Waals surface area contributed by atoms with Crippen molar-refractivity contribution in [2.75, 3.05) is 14.1 Å². The van der Waals surface area contributed by atoms with Gasteiger partial charge in [-0.3, -0.25) is 0 Å². The van der Waals surface area contributed by atoms with E-state index in [1.807, 2.05) is 0 Å². The lowest BCUT2D eigenvalue weighted by Gasteiger charge is -2.44. The van der Waals surface area contributed by atoms with E-state index in [9.17, 15) is 0 Å². The third kappa shape index (κ3) is 0.531. The molecule has 60 valence electrons.